The second-order valence-corrected chi connectivity index (χ2v) is 11.4. The van der Waals surface area contributed by atoms with Crippen LogP contribution in [0.1, 0.15) is 42.2 Å². The lowest BCUT2D eigenvalue weighted by molar-refractivity contribution is -0.119. The van der Waals surface area contributed by atoms with Crippen LogP contribution in [0.15, 0.2) is 95.9 Å². The SMILES string of the molecule is CN(c1ccccc1)S(=O)(=O)c1ccc(Cl)c(C(=O)OCC(=O)Nc2cccc3c2C(=O)c2ccccc2C3=O)c1. The predicted molar refractivity (Wildman–Crippen MR) is 152 cm³/mol. The minimum Gasteiger partial charge on any atom is -0.452 e. The minimum absolute atomic E-state index is 0.0411. The van der Waals surface area contributed by atoms with Crippen molar-refractivity contribution < 1.29 is 32.3 Å². The summed E-state index contributed by atoms with van der Waals surface area (Å²) >= 11 is 6.15. The molecule has 0 bridgehead atoms. The fourth-order valence-corrected chi connectivity index (χ4v) is 5.82. The maximum absolute atomic E-state index is 13.1. The number of sulfonamides is 1. The van der Waals surface area contributed by atoms with Gasteiger partial charge in [0.1, 0.15) is 0 Å². The van der Waals surface area contributed by atoms with E-state index in [9.17, 15) is 27.6 Å². The topological polar surface area (TPSA) is 127 Å². The molecular formula is C30H21ClN2O7S. The molecule has 41 heavy (non-hydrogen) atoms. The molecule has 0 saturated carbocycles. The molecule has 9 nitrogen and oxygen atoms in total. The van der Waals surface area contributed by atoms with E-state index in [4.69, 9.17) is 16.3 Å². The van der Waals surface area contributed by atoms with Crippen LogP contribution in [0.4, 0.5) is 11.4 Å². The van der Waals surface area contributed by atoms with Crippen molar-refractivity contribution in [3.63, 3.8) is 0 Å². The number of para-hydroxylation sites is 1. The number of amides is 1. The average molecular weight is 589 g/mol. The maximum atomic E-state index is 13.1. The number of halogens is 1. The molecule has 0 unspecified atom stereocenters. The molecule has 0 radical (unpaired) electrons. The molecule has 11 heteroatoms. The number of carbonyl (C=O) groups is 4. The zero-order valence-corrected chi connectivity index (χ0v) is 23.0. The van der Waals surface area contributed by atoms with Gasteiger partial charge in [-0.3, -0.25) is 18.7 Å². The molecule has 0 saturated heterocycles. The molecule has 0 heterocycles. The van der Waals surface area contributed by atoms with Gasteiger partial charge in [0.05, 0.1) is 32.4 Å². The summed E-state index contributed by atoms with van der Waals surface area (Å²) in [7, 11) is -2.67. The highest BCUT2D eigenvalue weighted by Crippen LogP contribution is 2.32. The normalized spacial score (nSPS) is 12.2. The molecule has 1 N–H and O–H groups in total. The fourth-order valence-electron chi connectivity index (χ4n) is 4.40. The molecule has 0 aliphatic heterocycles. The van der Waals surface area contributed by atoms with E-state index in [1.54, 1.807) is 48.5 Å². The van der Waals surface area contributed by atoms with Crippen molar-refractivity contribution in [3.8, 4) is 0 Å². The van der Waals surface area contributed by atoms with E-state index < -0.39 is 34.3 Å². The molecule has 0 atom stereocenters. The second kappa shape index (κ2) is 11.0. The number of nitrogens with one attached hydrogen (secondary N) is 1. The quantitative estimate of drug-likeness (QED) is 0.272. The fraction of sp³-hybridized carbons (Fsp3) is 0.0667. The van der Waals surface area contributed by atoms with Gasteiger partial charge in [-0.2, -0.15) is 0 Å². The van der Waals surface area contributed by atoms with Crippen LogP contribution in [0.3, 0.4) is 0 Å². The van der Waals surface area contributed by atoms with E-state index in [1.165, 1.54) is 43.4 Å². The largest absolute Gasteiger partial charge is 0.452 e. The summed E-state index contributed by atoms with van der Waals surface area (Å²) in [4.78, 5) is 51.4. The first-order chi connectivity index (χ1) is 19.6. The number of ketones is 2. The Labute approximate surface area is 240 Å². The molecule has 206 valence electrons. The molecule has 1 aliphatic rings. The van der Waals surface area contributed by atoms with Crippen LogP contribution < -0.4 is 9.62 Å². The number of anilines is 2. The third-order valence-electron chi connectivity index (χ3n) is 6.50. The molecule has 0 spiro atoms. The predicted octanol–water partition coefficient (Wildman–Crippen LogP) is 4.74. The molecule has 1 amide bonds. The van der Waals surface area contributed by atoms with Crippen molar-refractivity contribution in [2.75, 3.05) is 23.3 Å². The van der Waals surface area contributed by atoms with Gasteiger partial charge in [0.2, 0.25) is 0 Å². The zero-order valence-electron chi connectivity index (χ0n) is 21.5. The van der Waals surface area contributed by atoms with Crippen molar-refractivity contribution in [2.45, 2.75) is 4.90 Å². The van der Waals surface area contributed by atoms with Gasteiger partial charge in [-0.15, -0.1) is 0 Å². The molecule has 1 aliphatic carbocycles. The van der Waals surface area contributed by atoms with Crippen LogP contribution in [0.5, 0.6) is 0 Å². The number of ether oxygens (including phenoxy) is 1. The Hall–Kier alpha value is -4.80. The van der Waals surface area contributed by atoms with Crippen molar-refractivity contribution in [1.82, 2.24) is 0 Å². The van der Waals surface area contributed by atoms with Crippen molar-refractivity contribution in [3.05, 3.63) is 124 Å². The van der Waals surface area contributed by atoms with Gasteiger partial charge in [-0.25, -0.2) is 13.2 Å². The van der Waals surface area contributed by atoms with Crippen LogP contribution >= 0.6 is 11.6 Å². The van der Waals surface area contributed by atoms with Crippen LogP contribution in [0, 0.1) is 0 Å². The Balaban J connectivity index is 1.31. The number of fused-ring (bicyclic) bond motifs is 2. The molecular weight excluding hydrogens is 568 g/mol. The monoisotopic (exact) mass is 588 g/mol. The van der Waals surface area contributed by atoms with Gasteiger partial charge in [0.25, 0.3) is 15.9 Å². The Kier molecular flexibility index (Phi) is 7.44. The number of rotatable bonds is 7. The molecule has 0 aromatic heterocycles. The summed E-state index contributed by atoms with van der Waals surface area (Å²) in [5, 5.41) is 2.44. The first-order valence-corrected chi connectivity index (χ1v) is 14.0. The maximum Gasteiger partial charge on any atom is 0.340 e. The standard InChI is InChI=1S/C30H21ClN2O7S/c1-33(18-8-3-2-4-9-18)41(38,39)19-14-15-24(31)23(16-19)30(37)40-17-26(34)32-25-13-7-12-22-27(25)29(36)21-11-6-5-10-20(21)28(22)35/h2-16H,17H2,1H3,(H,32,34). The molecule has 0 fully saturated rings. The van der Waals surface area contributed by atoms with Crippen molar-refractivity contribution in [1.29, 1.82) is 0 Å². The van der Waals surface area contributed by atoms with Gasteiger partial charge in [-0.1, -0.05) is 66.2 Å². The Morgan fingerprint density at radius 1 is 0.829 bits per heavy atom. The summed E-state index contributed by atoms with van der Waals surface area (Å²) in [6, 6.07) is 22.8. The van der Waals surface area contributed by atoms with E-state index in [0.717, 1.165) is 10.4 Å². The molecule has 4 aromatic carbocycles. The van der Waals surface area contributed by atoms with E-state index in [-0.39, 0.29) is 49.2 Å². The van der Waals surface area contributed by atoms with E-state index >= 15 is 0 Å². The van der Waals surface area contributed by atoms with Crippen LogP contribution in [-0.2, 0) is 19.6 Å². The number of benzene rings is 4. The molecule has 5 rings (SSSR count). The molecule has 4 aromatic rings. The highest BCUT2D eigenvalue weighted by atomic mass is 35.5. The van der Waals surface area contributed by atoms with Gasteiger partial charge in [0.15, 0.2) is 18.2 Å². The van der Waals surface area contributed by atoms with Crippen LogP contribution in [0.25, 0.3) is 0 Å². The Morgan fingerprint density at radius 3 is 2.17 bits per heavy atom. The first kappa shape index (κ1) is 27.8. The van der Waals surface area contributed by atoms with Gasteiger partial charge in [0, 0.05) is 23.7 Å². The van der Waals surface area contributed by atoms with Crippen LogP contribution in [0.2, 0.25) is 5.02 Å². The van der Waals surface area contributed by atoms with E-state index in [2.05, 4.69) is 5.32 Å². The van der Waals surface area contributed by atoms with Crippen molar-refractivity contribution >= 4 is 56.4 Å². The summed E-state index contributed by atoms with van der Waals surface area (Å²) in [5.74, 6) is -2.58. The van der Waals surface area contributed by atoms with Crippen molar-refractivity contribution in [2.24, 2.45) is 0 Å². The highest BCUT2D eigenvalue weighted by Gasteiger charge is 2.32. The number of nitrogens with zero attached hydrogens (tertiary/aromatic N) is 1. The smallest absolute Gasteiger partial charge is 0.340 e. The highest BCUT2D eigenvalue weighted by molar-refractivity contribution is 7.92. The lowest BCUT2D eigenvalue weighted by Gasteiger charge is -2.20. The summed E-state index contributed by atoms with van der Waals surface area (Å²) < 4.78 is 32.5. The number of hydrogen-bond acceptors (Lipinski definition) is 7. The number of carbonyl (C=O) groups excluding carboxylic acids is 4. The Morgan fingerprint density at radius 2 is 1.46 bits per heavy atom. The third kappa shape index (κ3) is 5.22. The van der Waals surface area contributed by atoms with Crippen LogP contribution in [-0.4, -0.2) is 45.5 Å². The summed E-state index contributed by atoms with van der Waals surface area (Å²) in [6.45, 7) is -0.765. The number of esters is 1. The van der Waals surface area contributed by atoms with E-state index in [1.807, 2.05) is 0 Å². The lowest BCUT2D eigenvalue weighted by Crippen LogP contribution is -2.27. The Bertz CT molecular complexity index is 1840. The zero-order chi connectivity index (χ0) is 29.3. The summed E-state index contributed by atoms with van der Waals surface area (Å²) in [6.07, 6.45) is 0. The minimum atomic E-state index is -4.05. The lowest BCUT2D eigenvalue weighted by atomic mass is 9.83. The van der Waals surface area contributed by atoms with Gasteiger partial charge in [-0.05, 0) is 36.4 Å². The summed E-state index contributed by atoms with van der Waals surface area (Å²) in [5.41, 5.74) is 0.935. The number of hydrogen-bond donors (Lipinski definition) is 1. The first-order valence-electron chi connectivity index (χ1n) is 12.2. The van der Waals surface area contributed by atoms with Gasteiger partial charge >= 0.3 is 5.97 Å². The second-order valence-electron chi connectivity index (χ2n) is 9.01. The average Bonchev–Trinajstić information content (AvgIpc) is 2.98. The van der Waals surface area contributed by atoms with Gasteiger partial charge < -0.3 is 10.1 Å². The van der Waals surface area contributed by atoms with E-state index in [0.29, 0.717) is 5.69 Å². The third-order valence-corrected chi connectivity index (χ3v) is 8.61.